The molecule has 0 spiro atoms. The highest BCUT2D eigenvalue weighted by Gasteiger charge is 2.44. The summed E-state index contributed by atoms with van der Waals surface area (Å²) in [7, 11) is 1.67. The largest absolute Gasteiger partial charge is 0.497 e. The molecule has 0 radical (unpaired) electrons. The number of hydrogen-bond donors (Lipinski definition) is 0. The first-order valence-electron chi connectivity index (χ1n) is 12.4. The molecule has 2 atom stereocenters. The molecule has 36 heavy (non-hydrogen) atoms. The van der Waals surface area contributed by atoms with E-state index in [1.165, 1.54) is 10.5 Å². The van der Waals surface area contributed by atoms with Gasteiger partial charge in [0.05, 0.1) is 7.11 Å². The van der Waals surface area contributed by atoms with E-state index < -0.39 is 0 Å². The second kappa shape index (κ2) is 9.97. The number of amides is 1. The van der Waals surface area contributed by atoms with Gasteiger partial charge in [-0.25, -0.2) is 0 Å². The number of benzene rings is 3. The molecule has 6 nitrogen and oxygen atoms in total. The number of fused-ring (bicyclic) bond motifs is 3. The van der Waals surface area contributed by atoms with Crippen LogP contribution in [0.2, 0.25) is 0 Å². The highest BCUT2D eigenvalue weighted by Crippen LogP contribution is 2.40. The monoisotopic (exact) mass is 503 g/mol. The highest BCUT2D eigenvalue weighted by atomic mass is 32.2. The molecule has 0 saturated carbocycles. The number of hydrogen-bond acceptors (Lipinski definition) is 6. The van der Waals surface area contributed by atoms with Crippen molar-refractivity contribution < 1.29 is 23.7 Å². The van der Waals surface area contributed by atoms with E-state index in [0.29, 0.717) is 0 Å². The first kappa shape index (κ1) is 23.1. The lowest BCUT2D eigenvalue weighted by Gasteiger charge is -2.39. The van der Waals surface area contributed by atoms with Crippen molar-refractivity contribution in [3.05, 3.63) is 77.9 Å². The maximum Gasteiger partial charge on any atom is 0.254 e. The molecule has 0 N–H and O–H groups in total. The van der Waals surface area contributed by atoms with Crippen LogP contribution in [-0.4, -0.2) is 42.9 Å². The quantitative estimate of drug-likeness (QED) is 0.373. The van der Waals surface area contributed by atoms with Crippen LogP contribution in [0.1, 0.15) is 41.6 Å². The number of methoxy groups -OCH3 is 1. The topological polar surface area (TPSA) is 57.2 Å². The fourth-order valence-electron chi connectivity index (χ4n) is 5.43. The fraction of sp³-hybridized carbons (Fsp3) is 0.345. The Morgan fingerprint density at radius 2 is 1.61 bits per heavy atom. The van der Waals surface area contributed by atoms with Crippen molar-refractivity contribution in [2.24, 2.45) is 0 Å². The molecular weight excluding hydrogens is 474 g/mol. The Morgan fingerprint density at radius 1 is 0.917 bits per heavy atom. The summed E-state index contributed by atoms with van der Waals surface area (Å²) in [5.74, 6) is 4.14. The molecule has 1 amide bonds. The molecule has 2 saturated heterocycles. The molecule has 6 rings (SSSR count). The molecule has 3 aromatic rings. The summed E-state index contributed by atoms with van der Waals surface area (Å²) in [6, 6.07) is 22.3. The molecule has 0 aliphatic carbocycles. The number of carbonyl (C=O) groups excluding carboxylic acids is 1. The summed E-state index contributed by atoms with van der Waals surface area (Å²) in [4.78, 5) is 16.7. The van der Waals surface area contributed by atoms with Gasteiger partial charge in [-0.2, -0.15) is 0 Å². The van der Waals surface area contributed by atoms with Crippen molar-refractivity contribution in [2.75, 3.05) is 13.9 Å². The van der Waals surface area contributed by atoms with Gasteiger partial charge in [0.15, 0.2) is 11.5 Å². The first-order valence-corrected chi connectivity index (χ1v) is 13.4. The van der Waals surface area contributed by atoms with E-state index in [0.717, 1.165) is 60.0 Å². The Bertz CT molecular complexity index is 1220. The van der Waals surface area contributed by atoms with Crippen molar-refractivity contribution in [1.29, 1.82) is 0 Å². The van der Waals surface area contributed by atoms with Crippen LogP contribution in [0.3, 0.4) is 0 Å². The second-order valence-corrected chi connectivity index (χ2v) is 10.5. The van der Waals surface area contributed by atoms with Gasteiger partial charge in [-0.1, -0.05) is 12.1 Å². The van der Waals surface area contributed by atoms with Gasteiger partial charge < -0.3 is 23.8 Å². The molecule has 3 aromatic carbocycles. The van der Waals surface area contributed by atoms with Crippen molar-refractivity contribution in [2.45, 2.75) is 54.5 Å². The van der Waals surface area contributed by atoms with Crippen LogP contribution in [-0.2, 0) is 5.75 Å². The molecule has 2 bridgehead atoms. The third-order valence-electron chi connectivity index (χ3n) is 7.24. The standard InChI is InChI=1S/C29H29NO5S/c1-32-23-8-11-26(12-9-23)36-17-19-2-4-20(5-3-19)29(31)30-21-6-7-22(30)15-25(14-21)35-24-10-13-27-28(16-24)34-18-33-27/h2-5,8-13,16,21-22,25H,6-7,14-15,17-18H2,1H3/t21-,22-/m0/s1. The van der Waals surface area contributed by atoms with Crippen LogP contribution in [0, 0.1) is 0 Å². The zero-order valence-electron chi connectivity index (χ0n) is 20.2. The molecule has 3 heterocycles. The van der Waals surface area contributed by atoms with Crippen molar-refractivity contribution in [1.82, 2.24) is 4.90 Å². The number of thioether (sulfide) groups is 1. The predicted octanol–water partition coefficient (Wildman–Crippen LogP) is 5.93. The lowest BCUT2D eigenvalue weighted by Crippen LogP contribution is -2.49. The van der Waals surface area contributed by atoms with E-state index in [9.17, 15) is 4.79 Å². The molecule has 3 aliphatic heterocycles. The van der Waals surface area contributed by atoms with Crippen LogP contribution in [0.25, 0.3) is 0 Å². The second-order valence-electron chi connectivity index (χ2n) is 9.48. The Labute approximate surface area is 215 Å². The van der Waals surface area contributed by atoms with Crippen LogP contribution < -0.4 is 18.9 Å². The number of ether oxygens (including phenoxy) is 4. The van der Waals surface area contributed by atoms with Gasteiger partial charge >= 0.3 is 0 Å². The Balaban J connectivity index is 1.06. The third kappa shape index (κ3) is 4.72. The van der Waals surface area contributed by atoms with E-state index in [1.54, 1.807) is 18.9 Å². The van der Waals surface area contributed by atoms with E-state index in [4.69, 9.17) is 18.9 Å². The van der Waals surface area contributed by atoms with E-state index in [2.05, 4.69) is 29.2 Å². The van der Waals surface area contributed by atoms with Gasteiger partial charge in [0.1, 0.15) is 17.6 Å². The summed E-state index contributed by atoms with van der Waals surface area (Å²) in [5, 5.41) is 0. The van der Waals surface area contributed by atoms with Gasteiger partial charge in [0, 0.05) is 47.2 Å². The van der Waals surface area contributed by atoms with Crippen LogP contribution in [0.4, 0.5) is 0 Å². The van der Waals surface area contributed by atoms with Crippen LogP contribution in [0.5, 0.6) is 23.0 Å². The molecule has 3 aliphatic rings. The maximum absolute atomic E-state index is 13.4. The van der Waals surface area contributed by atoms with E-state index in [1.807, 2.05) is 42.5 Å². The minimum Gasteiger partial charge on any atom is -0.497 e. The van der Waals surface area contributed by atoms with Gasteiger partial charge in [-0.05, 0) is 66.9 Å². The maximum atomic E-state index is 13.4. The van der Waals surface area contributed by atoms with Crippen LogP contribution in [0.15, 0.2) is 71.6 Å². The van der Waals surface area contributed by atoms with Crippen molar-refractivity contribution in [3.8, 4) is 23.0 Å². The Kier molecular flexibility index (Phi) is 6.40. The number of rotatable bonds is 7. The Hall–Kier alpha value is -3.32. The molecule has 0 unspecified atom stereocenters. The number of piperidine rings is 1. The van der Waals surface area contributed by atoms with Gasteiger partial charge in [0.2, 0.25) is 6.79 Å². The van der Waals surface area contributed by atoms with Gasteiger partial charge in [-0.15, -0.1) is 11.8 Å². The van der Waals surface area contributed by atoms with Crippen molar-refractivity contribution in [3.63, 3.8) is 0 Å². The fourth-order valence-corrected chi connectivity index (χ4v) is 6.28. The number of carbonyl (C=O) groups is 1. The zero-order chi connectivity index (χ0) is 24.5. The molecule has 0 aromatic heterocycles. The van der Waals surface area contributed by atoms with E-state index >= 15 is 0 Å². The third-order valence-corrected chi connectivity index (χ3v) is 8.32. The SMILES string of the molecule is COc1ccc(SCc2ccc(C(=O)N3[C@H]4CC[C@H]3CC(Oc3ccc5c(c3)OCO5)C4)cc2)cc1. The van der Waals surface area contributed by atoms with Crippen molar-refractivity contribution >= 4 is 17.7 Å². The average Bonchev–Trinajstić information content (AvgIpc) is 3.49. The smallest absolute Gasteiger partial charge is 0.254 e. The molecule has 7 heteroatoms. The van der Waals surface area contributed by atoms with Gasteiger partial charge in [0.25, 0.3) is 5.91 Å². The highest BCUT2D eigenvalue weighted by molar-refractivity contribution is 7.98. The normalized spacial score (nSPS) is 21.9. The zero-order valence-corrected chi connectivity index (χ0v) is 21.0. The first-order chi connectivity index (χ1) is 17.7. The minimum atomic E-state index is 0.101. The summed E-state index contributed by atoms with van der Waals surface area (Å²) >= 11 is 1.77. The molecule has 186 valence electrons. The number of nitrogens with zero attached hydrogens (tertiary/aromatic N) is 1. The Morgan fingerprint density at radius 3 is 2.33 bits per heavy atom. The van der Waals surface area contributed by atoms with Gasteiger partial charge in [-0.3, -0.25) is 4.79 Å². The molecule has 2 fully saturated rings. The predicted molar refractivity (Wildman–Crippen MR) is 138 cm³/mol. The summed E-state index contributed by atoms with van der Waals surface area (Å²) in [5.41, 5.74) is 1.96. The minimum absolute atomic E-state index is 0.101. The molecular formula is C29H29NO5S. The average molecular weight is 504 g/mol. The lowest BCUT2D eigenvalue weighted by atomic mass is 9.98. The lowest BCUT2D eigenvalue weighted by molar-refractivity contribution is 0.0358. The summed E-state index contributed by atoms with van der Waals surface area (Å²) < 4.78 is 22.4. The summed E-state index contributed by atoms with van der Waals surface area (Å²) in [6.07, 6.45) is 3.88. The van der Waals surface area contributed by atoms with Crippen LogP contribution >= 0.6 is 11.8 Å². The van der Waals surface area contributed by atoms with E-state index in [-0.39, 0.29) is 30.9 Å². The summed E-state index contributed by atoms with van der Waals surface area (Å²) in [6.45, 7) is 0.256.